The molecular weight excluding hydrogens is 859 g/mol. The predicted octanol–water partition coefficient (Wildman–Crippen LogP) is 19.2. The van der Waals surface area contributed by atoms with Crippen LogP contribution in [0.1, 0.15) is 0 Å². The normalized spacial score (nSPS) is 11.6. The molecule has 0 aliphatic carbocycles. The van der Waals surface area contributed by atoms with Crippen LogP contribution in [0.25, 0.3) is 60.5 Å². The van der Waals surface area contributed by atoms with Gasteiger partial charge in [-0.2, -0.15) is 0 Å². The van der Waals surface area contributed by atoms with Gasteiger partial charge in [-0.3, -0.25) is 0 Å². The highest BCUT2D eigenvalue weighted by molar-refractivity contribution is 7.27. The third kappa shape index (κ3) is 6.61. The minimum absolute atomic E-state index is 1.08. The van der Waals surface area contributed by atoms with E-state index in [1.165, 1.54) is 60.5 Å². The molecule has 0 bridgehead atoms. The highest BCUT2D eigenvalue weighted by Gasteiger charge is 2.25. The SMILES string of the molecule is c1ccc(N(c2ccccc2)c2ccc3sc4c(N(c5ccccc5)c5ccc6sc7ccccc7c6c5)cc(N(c5ccccc5)c5ccc6sc7ccccc7c6c5)cc4c3c2)cc1. The molecule has 13 aromatic rings. The molecule has 0 saturated heterocycles. The Labute approximate surface area is 394 Å². The lowest BCUT2D eigenvalue weighted by atomic mass is 10.0. The molecule has 0 radical (unpaired) electrons. The lowest BCUT2D eigenvalue weighted by Crippen LogP contribution is -2.13. The second-order valence-corrected chi connectivity index (χ2v) is 19.7. The Balaban J connectivity index is 1.11. The van der Waals surface area contributed by atoms with Gasteiger partial charge in [-0.15, -0.1) is 34.0 Å². The fourth-order valence-corrected chi connectivity index (χ4v) is 12.9. The molecule has 0 aliphatic heterocycles. The van der Waals surface area contributed by atoms with E-state index in [1.807, 2.05) is 34.0 Å². The Bertz CT molecular complexity index is 3860. The van der Waals surface area contributed by atoms with Gasteiger partial charge in [0, 0.05) is 101 Å². The first-order chi connectivity index (χ1) is 32.7. The van der Waals surface area contributed by atoms with Crippen molar-refractivity contribution in [3.8, 4) is 0 Å². The van der Waals surface area contributed by atoms with E-state index in [-0.39, 0.29) is 0 Å². The quantitative estimate of drug-likeness (QED) is 0.143. The van der Waals surface area contributed by atoms with Crippen LogP contribution in [-0.2, 0) is 0 Å². The number of para-hydroxylation sites is 4. The lowest BCUT2D eigenvalue weighted by Gasteiger charge is -2.30. The second kappa shape index (κ2) is 16.1. The number of nitrogens with zero attached hydrogens (tertiary/aromatic N) is 3. The van der Waals surface area contributed by atoms with Crippen LogP contribution >= 0.6 is 34.0 Å². The smallest absolute Gasteiger partial charge is 0.0661 e. The molecule has 3 nitrogen and oxygen atoms in total. The summed E-state index contributed by atoms with van der Waals surface area (Å²) in [6.45, 7) is 0. The van der Waals surface area contributed by atoms with Gasteiger partial charge < -0.3 is 14.7 Å². The van der Waals surface area contributed by atoms with Crippen LogP contribution in [0.15, 0.2) is 237 Å². The van der Waals surface area contributed by atoms with Crippen molar-refractivity contribution in [1.82, 2.24) is 0 Å². The number of thiophene rings is 3. The Kier molecular flexibility index (Phi) is 9.41. The van der Waals surface area contributed by atoms with Crippen LogP contribution in [0.4, 0.5) is 51.2 Å². The zero-order valence-electron chi connectivity index (χ0n) is 35.6. The van der Waals surface area contributed by atoms with Crippen molar-refractivity contribution in [2.24, 2.45) is 0 Å². The Morgan fingerprint density at radius 3 is 1.02 bits per heavy atom. The van der Waals surface area contributed by atoms with Crippen LogP contribution in [0.2, 0.25) is 0 Å². The van der Waals surface area contributed by atoms with Crippen molar-refractivity contribution in [3.63, 3.8) is 0 Å². The molecule has 0 aliphatic rings. The van der Waals surface area contributed by atoms with Gasteiger partial charge in [0.05, 0.1) is 10.4 Å². The average Bonchev–Trinajstić information content (AvgIpc) is 4.07. The molecule has 0 fully saturated rings. The van der Waals surface area contributed by atoms with Gasteiger partial charge >= 0.3 is 0 Å². The fraction of sp³-hybridized carbons (Fsp3) is 0. The van der Waals surface area contributed by atoms with E-state index in [9.17, 15) is 0 Å². The molecule has 0 N–H and O–H groups in total. The van der Waals surface area contributed by atoms with Gasteiger partial charge in [0.25, 0.3) is 0 Å². The van der Waals surface area contributed by atoms with Crippen molar-refractivity contribution in [2.75, 3.05) is 14.7 Å². The van der Waals surface area contributed by atoms with Gasteiger partial charge in [-0.05, 0) is 127 Å². The minimum atomic E-state index is 1.08. The largest absolute Gasteiger partial charge is 0.310 e. The van der Waals surface area contributed by atoms with E-state index < -0.39 is 0 Å². The Hall–Kier alpha value is -7.74. The molecule has 3 aromatic heterocycles. The van der Waals surface area contributed by atoms with Crippen molar-refractivity contribution in [2.45, 2.75) is 0 Å². The van der Waals surface area contributed by atoms with Gasteiger partial charge in [0.15, 0.2) is 0 Å². The van der Waals surface area contributed by atoms with E-state index in [4.69, 9.17) is 0 Å². The van der Waals surface area contributed by atoms with E-state index in [1.54, 1.807) is 0 Å². The molecule has 0 atom stereocenters. The van der Waals surface area contributed by atoms with E-state index in [2.05, 4.69) is 251 Å². The maximum atomic E-state index is 2.48. The first-order valence-corrected chi connectivity index (χ1v) is 24.6. The summed E-state index contributed by atoms with van der Waals surface area (Å²) >= 11 is 5.58. The molecule has 312 valence electrons. The molecule has 10 aromatic carbocycles. The molecule has 0 spiro atoms. The summed E-state index contributed by atoms with van der Waals surface area (Å²) in [6.07, 6.45) is 0. The van der Waals surface area contributed by atoms with E-state index in [0.717, 1.165) is 51.2 Å². The topological polar surface area (TPSA) is 9.72 Å². The second-order valence-electron chi connectivity index (χ2n) is 16.5. The number of benzene rings is 10. The maximum Gasteiger partial charge on any atom is 0.0661 e. The summed E-state index contributed by atoms with van der Waals surface area (Å²) in [5, 5.41) is 7.53. The van der Waals surface area contributed by atoms with Crippen molar-refractivity contribution < 1.29 is 0 Å². The summed E-state index contributed by atoms with van der Waals surface area (Å²) in [5.74, 6) is 0. The summed E-state index contributed by atoms with van der Waals surface area (Å²) in [6, 6.07) is 86.5. The highest BCUT2D eigenvalue weighted by Crippen LogP contribution is 2.51. The predicted molar refractivity (Wildman–Crippen MR) is 289 cm³/mol. The number of hydrogen-bond acceptors (Lipinski definition) is 6. The van der Waals surface area contributed by atoms with Gasteiger partial charge in [-0.1, -0.05) is 109 Å². The number of hydrogen-bond donors (Lipinski definition) is 0. The molecule has 0 unspecified atom stereocenters. The van der Waals surface area contributed by atoms with Crippen LogP contribution in [-0.4, -0.2) is 0 Å². The monoisotopic (exact) mass is 897 g/mol. The molecule has 0 saturated carbocycles. The van der Waals surface area contributed by atoms with Crippen LogP contribution in [0, 0.1) is 0 Å². The van der Waals surface area contributed by atoms with Crippen LogP contribution < -0.4 is 14.7 Å². The molecule has 3 heterocycles. The fourth-order valence-electron chi connectivity index (χ4n) is 9.60. The number of rotatable bonds is 9. The first kappa shape index (κ1) is 38.7. The first-order valence-electron chi connectivity index (χ1n) is 22.2. The van der Waals surface area contributed by atoms with Gasteiger partial charge in [-0.25, -0.2) is 0 Å². The summed E-state index contributed by atoms with van der Waals surface area (Å²) < 4.78 is 7.63. The third-order valence-electron chi connectivity index (χ3n) is 12.6. The summed E-state index contributed by atoms with van der Waals surface area (Å²) in [7, 11) is 0. The summed E-state index contributed by atoms with van der Waals surface area (Å²) in [5.41, 5.74) is 9.97. The number of anilines is 9. The van der Waals surface area contributed by atoms with Crippen molar-refractivity contribution >= 4 is 146 Å². The lowest BCUT2D eigenvalue weighted by molar-refractivity contribution is 1.27. The maximum absolute atomic E-state index is 2.48. The van der Waals surface area contributed by atoms with E-state index in [0.29, 0.717) is 0 Å². The van der Waals surface area contributed by atoms with Crippen LogP contribution in [0.3, 0.4) is 0 Å². The average molecular weight is 898 g/mol. The molecule has 66 heavy (non-hydrogen) atoms. The Morgan fingerprint density at radius 1 is 0.212 bits per heavy atom. The minimum Gasteiger partial charge on any atom is -0.310 e. The van der Waals surface area contributed by atoms with E-state index >= 15 is 0 Å². The number of fused-ring (bicyclic) bond motifs is 9. The molecular formula is C60H39N3S3. The van der Waals surface area contributed by atoms with Crippen molar-refractivity contribution in [3.05, 3.63) is 237 Å². The molecule has 0 amide bonds. The zero-order chi connectivity index (χ0) is 43.6. The summed E-state index contributed by atoms with van der Waals surface area (Å²) in [4.78, 5) is 7.29. The highest BCUT2D eigenvalue weighted by atomic mass is 32.1. The van der Waals surface area contributed by atoms with Gasteiger partial charge in [0.2, 0.25) is 0 Å². The van der Waals surface area contributed by atoms with Crippen molar-refractivity contribution in [1.29, 1.82) is 0 Å². The Morgan fingerprint density at radius 2 is 0.545 bits per heavy atom. The van der Waals surface area contributed by atoms with Crippen LogP contribution in [0.5, 0.6) is 0 Å². The third-order valence-corrected chi connectivity index (χ3v) is 16.1. The van der Waals surface area contributed by atoms with Gasteiger partial charge in [0.1, 0.15) is 0 Å². The standard InChI is InChI=1S/C60H39N3S3/c1-5-17-40(18-6-1)61(41-19-7-2-8-20-41)44-30-34-59-52(36-44)53-38-47(62(42-21-9-3-10-22-42)45-29-32-57-50(35-45)48-25-13-15-27-55(48)64-57)39-54(60(53)66-59)63(43-23-11-4-12-24-43)46-31-33-58-51(37-46)49-26-14-16-28-56(49)65-58/h1-39H. The molecule has 6 heteroatoms. The molecule has 13 rings (SSSR count). The zero-order valence-corrected chi connectivity index (χ0v) is 38.0.